The third kappa shape index (κ3) is 4.19. The maximum atomic E-state index is 12.7. The van der Waals surface area contributed by atoms with Gasteiger partial charge in [-0.25, -0.2) is 4.98 Å². The Balaban J connectivity index is 1.34. The van der Waals surface area contributed by atoms with Crippen LogP contribution in [0.2, 0.25) is 0 Å². The fraction of sp³-hybridized carbons (Fsp3) is 0.200. The zero-order valence-corrected chi connectivity index (χ0v) is 16.2. The Hall–Kier alpha value is -3.46. The highest BCUT2D eigenvalue weighted by molar-refractivity contribution is 7.14. The normalized spacial score (nSPS) is 13.9. The van der Waals surface area contributed by atoms with Crippen LogP contribution in [0.1, 0.15) is 31.4 Å². The van der Waals surface area contributed by atoms with Crippen molar-refractivity contribution in [3.63, 3.8) is 0 Å². The van der Waals surface area contributed by atoms with Crippen LogP contribution in [0.3, 0.4) is 0 Å². The van der Waals surface area contributed by atoms with Gasteiger partial charge in [0.1, 0.15) is 5.69 Å². The highest BCUT2D eigenvalue weighted by Gasteiger charge is 2.27. The Morgan fingerprint density at radius 1 is 0.931 bits per heavy atom. The van der Waals surface area contributed by atoms with E-state index in [1.54, 1.807) is 51.6 Å². The molecule has 4 rings (SSSR count). The molecule has 0 saturated carbocycles. The number of nitrogens with zero attached hydrogens (tertiary/aromatic N) is 3. The van der Waals surface area contributed by atoms with Crippen molar-refractivity contribution in [1.29, 1.82) is 0 Å². The molecule has 1 N–H and O–H groups in total. The second-order valence-electron chi connectivity index (χ2n) is 6.42. The Bertz CT molecular complexity index is 1010. The summed E-state index contributed by atoms with van der Waals surface area (Å²) >= 11 is 1.20. The van der Waals surface area contributed by atoms with Gasteiger partial charge in [0.2, 0.25) is 0 Å². The van der Waals surface area contributed by atoms with Crippen LogP contribution >= 0.6 is 11.3 Å². The van der Waals surface area contributed by atoms with Crippen molar-refractivity contribution in [3.8, 4) is 0 Å². The van der Waals surface area contributed by atoms with Gasteiger partial charge in [-0.15, -0.1) is 11.3 Å². The van der Waals surface area contributed by atoms with Gasteiger partial charge in [0.15, 0.2) is 10.9 Å². The van der Waals surface area contributed by atoms with E-state index < -0.39 is 0 Å². The Labute approximate surface area is 170 Å². The van der Waals surface area contributed by atoms with Crippen molar-refractivity contribution in [1.82, 2.24) is 14.8 Å². The molecule has 3 aromatic rings. The summed E-state index contributed by atoms with van der Waals surface area (Å²) in [5, 5.41) is 4.71. The van der Waals surface area contributed by atoms with Gasteiger partial charge >= 0.3 is 0 Å². The minimum absolute atomic E-state index is 0.179. The fourth-order valence-corrected chi connectivity index (χ4v) is 3.70. The highest BCUT2D eigenvalue weighted by atomic mass is 32.1. The van der Waals surface area contributed by atoms with Crippen LogP contribution in [0.5, 0.6) is 0 Å². The van der Waals surface area contributed by atoms with E-state index in [9.17, 15) is 14.4 Å². The molecule has 3 amide bonds. The number of anilines is 1. The molecule has 1 aromatic carbocycles. The predicted molar refractivity (Wildman–Crippen MR) is 107 cm³/mol. The Morgan fingerprint density at radius 3 is 2.28 bits per heavy atom. The number of hydrogen-bond donors (Lipinski definition) is 1. The van der Waals surface area contributed by atoms with Crippen molar-refractivity contribution in [2.75, 3.05) is 31.5 Å². The minimum atomic E-state index is -0.274. The van der Waals surface area contributed by atoms with E-state index in [0.29, 0.717) is 42.6 Å². The second-order valence-corrected chi connectivity index (χ2v) is 7.28. The van der Waals surface area contributed by atoms with Crippen molar-refractivity contribution in [2.45, 2.75) is 0 Å². The number of benzene rings is 1. The first-order valence-electron chi connectivity index (χ1n) is 9.06. The van der Waals surface area contributed by atoms with Crippen LogP contribution in [0.4, 0.5) is 5.13 Å². The molecule has 1 saturated heterocycles. The first kappa shape index (κ1) is 18.9. The Kier molecular flexibility index (Phi) is 5.39. The smallest absolute Gasteiger partial charge is 0.289 e. The van der Waals surface area contributed by atoms with Crippen molar-refractivity contribution >= 4 is 34.2 Å². The molecule has 0 atom stereocenters. The number of carbonyl (C=O) groups is 3. The monoisotopic (exact) mass is 410 g/mol. The van der Waals surface area contributed by atoms with Crippen molar-refractivity contribution in [2.24, 2.45) is 0 Å². The number of aromatic nitrogens is 1. The number of furan rings is 1. The van der Waals surface area contributed by atoms with Gasteiger partial charge in [0.05, 0.1) is 6.26 Å². The number of rotatable bonds is 4. The summed E-state index contributed by atoms with van der Waals surface area (Å²) in [6.07, 6.45) is 1.46. The van der Waals surface area contributed by atoms with E-state index in [0.717, 1.165) is 0 Å². The minimum Gasteiger partial charge on any atom is -0.459 e. The first-order valence-corrected chi connectivity index (χ1v) is 9.94. The average Bonchev–Trinajstić information content (AvgIpc) is 3.46. The van der Waals surface area contributed by atoms with E-state index in [1.165, 1.54) is 17.6 Å². The summed E-state index contributed by atoms with van der Waals surface area (Å²) in [7, 11) is 0. The number of nitrogens with one attached hydrogen (secondary N) is 1. The van der Waals surface area contributed by atoms with Gasteiger partial charge in [0, 0.05) is 37.1 Å². The van der Waals surface area contributed by atoms with Crippen LogP contribution in [-0.2, 0) is 0 Å². The zero-order valence-electron chi connectivity index (χ0n) is 15.4. The van der Waals surface area contributed by atoms with Gasteiger partial charge in [0.25, 0.3) is 17.7 Å². The van der Waals surface area contributed by atoms with Crippen LogP contribution < -0.4 is 5.32 Å². The number of thiazole rings is 1. The van der Waals surface area contributed by atoms with E-state index in [2.05, 4.69) is 10.3 Å². The fourth-order valence-electron chi connectivity index (χ4n) is 3.02. The summed E-state index contributed by atoms with van der Waals surface area (Å²) < 4.78 is 5.14. The van der Waals surface area contributed by atoms with Crippen molar-refractivity contribution < 1.29 is 18.8 Å². The summed E-state index contributed by atoms with van der Waals surface area (Å²) in [6.45, 7) is 1.67. The lowest BCUT2D eigenvalue weighted by atomic mass is 10.2. The number of amides is 3. The molecule has 1 aliphatic heterocycles. The number of carbonyl (C=O) groups excluding carboxylic acids is 3. The van der Waals surface area contributed by atoms with Gasteiger partial charge in [-0.05, 0) is 24.3 Å². The maximum absolute atomic E-state index is 12.7. The van der Waals surface area contributed by atoms with E-state index in [4.69, 9.17) is 4.42 Å². The summed E-state index contributed by atoms with van der Waals surface area (Å²) in [4.78, 5) is 44.8. The van der Waals surface area contributed by atoms with Crippen LogP contribution in [0, 0.1) is 0 Å². The molecular weight excluding hydrogens is 392 g/mol. The molecule has 9 heteroatoms. The summed E-state index contributed by atoms with van der Waals surface area (Å²) in [5.41, 5.74) is 0.803. The highest BCUT2D eigenvalue weighted by Crippen LogP contribution is 2.19. The predicted octanol–water partition coefficient (Wildman–Crippen LogP) is 2.59. The lowest BCUT2D eigenvalue weighted by Gasteiger charge is -2.33. The van der Waals surface area contributed by atoms with Gasteiger partial charge in [-0.2, -0.15) is 0 Å². The molecule has 1 fully saturated rings. The standard InChI is InChI=1S/C20H18N4O4S/c25-17(14-5-2-1-3-6-14)22-20-21-15(13-29-20)18(26)23-8-10-24(11-9-23)19(27)16-7-4-12-28-16/h1-7,12-13H,8-11H2,(H,21,22,25). The number of hydrogen-bond acceptors (Lipinski definition) is 6. The second kappa shape index (κ2) is 8.27. The third-order valence-electron chi connectivity index (χ3n) is 4.57. The molecule has 0 bridgehead atoms. The topological polar surface area (TPSA) is 95.8 Å². The molecule has 0 radical (unpaired) electrons. The summed E-state index contributed by atoms with van der Waals surface area (Å²) in [5.74, 6) is -0.375. The molecule has 2 aromatic heterocycles. The maximum Gasteiger partial charge on any atom is 0.289 e. The molecule has 0 aliphatic carbocycles. The largest absolute Gasteiger partial charge is 0.459 e. The third-order valence-corrected chi connectivity index (χ3v) is 5.32. The van der Waals surface area contributed by atoms with E-state index >= 15 is 0 Å². The van der Waals surface area contributed by atoms with Crippen LogP contribution in [0.25, 0.3) is 0 Å². The molecule has 1 aliphatic rings. The van der Waals surface area contributed by atoms with E-state index in [1.807, 2.05) is 6.07 Å². The zero-order chi connectivity index (χ0) is 20.2. The van der Waals surface area contributed by atoms with Crippen molar-refractivity contribution in [3.05, 3.63) is 71.1 Å². The molecule has 148 valence electrons. The first-order chi connectivity index (χ1) is 14.1. The molecule has 0 unspecified atom stereocenters. The lowest BCUT2D eigenvalue weighted by molar-refractivity contribution is 0.0515. The lowest BCUT2D eigenvalue weighted by Crippen LogP contribution is -2.50. The van der Waals surface area contributed by atoms with E-state index in [-0.39, 0.29) is 23.4 Å². The molecule has 29 heavy (non-hydrogen) atoms. The van der Waals surface area contributed by atoms with Gasteiger partial charge in [-0.3, -0.25) is 19.7 Å². The molecule has 8 nitrogen and oxygen atoms in total. The quantitative estimate of drug-likeness (QED) is 0.713. The average molecular weight is 410 g/mol. The summed E-state index contributed by atoms with van der Waals surface area (Å²) in [6, 6.07) is 12.1. The number of piperazine rings is 1. The van der Waals surface area contributed by atoms with Gasteiger partial charge < -0.3 is 14.2 Å². The van der Waals surface area contributed by atoms with Crippen LogP contribution in [-0.4, -0.2) is 58.7 Å². The molecule has 3 heterocycles. The van der Waals surface area contributed by atoms with Crippen LogP contribution in [0.15, 0.2) is 58.5 Å². The SMILES string of the molecule is O=C(Nc1nc(C(=O)N2CCN(C(=O)c3ccco3)CC2)cs1)c1ccccc1. The molecular formula is C20H18N4O4S. The molecule has 0 spiro atoms. The Morgan fingerprint density at radius 2 is 1.62 bits per heavy atom. The van der Waals surface area contributed by atoms with Gasteiger partial charge in [-0.1, -0.05) is 18.2 Å².